The average molecular weight is 356 g/mol. The van der Waals surface area contributed by atoms with Gasteiger partial charge in [-0.15, -0.1) is 0 Å². The lowest BCUT2D eigenvalue weighted by atomic mass is 9.72. The predicted molar refractivity (Wildman–Crippen MR) is 92.6 cm³/mol. The molecule has 1 rings (SSSR count). The van der Waals surface area contributed by atoms with Gasteiger partial charge in [0.15, 0.2) is 12.1 Å². The monoisotopic (exact) mass is 356 g/mol. The van der Waals surface area contributed by atoms with Crippen LogP contribution in [0.2, 0.25) is 0 Å². The summed E-state index contributed by atoms with van der Waals surface area (Å²) in [6, 6.07) is 0. The largest absolute Gasteiger partial charge is 0.419 e. The van der Waals surface area contributed by atoms with Gasteiger partial charge in [0.05, 0.1) is 5.57 Å². The van der Waals surface area contributed by atoms with Crippen LogP contribution in [-0.4, -0.2) is 12.5 Å². The van der Waals surface area contributed by atoms with Crippen molar-refractivity contribution in [2.45, 2.75) is 53.1 Å². The molecule has 1 aliphatic carbocycles. The van der Waals surface area contributed by atoms with E-state index in [2.05, 4.69) is 20.8 Å². The van der Waals surface area contributed by atoms with Crippen molar-refractivity contribution >= 4 is 6.29 Å². The quantitative estimate of drug-likeness (QED) is 0.236. The maximum Gasteiger partial charge on any atom is 0.419 e. The molecule has 0 radical (unpaired) electrons. The zero-order valence-electron chi connectivity index (χ0n) is 15.0. The highest BCUT2D eigenvalue weighted by Gasteiger charge is 2.35. The van der Waals surface area contributed by atoms with Crippen LogP contribution in [0.4, 0.5) is 17.6 Å². The fourth-order valence-corrected chi connectivity index (χ4v) is 2.95. The van der Waals surface area contributed by atoms with Crippen LogP contribution in [-0.2, 0) is 4.79 Å². The molecule has 0 unspecified atom stereocenters. The first kappa shape index (κ1) is 21.1. The number of alkyl halides is 3. The first-order valence-electron chi connectivity index (χ1n) is 8.14. The third kappa shape index (κ3) is 6.15. The van der Waals surface area contributed by atoms with Gasteiger partial charge < -0.3 is 0 Å². The number of hydrogen-bond donors (Lipinski definition) is 0. The molecule has 0 saturated carbocycles. The van der Waals surface area contributed by atoms with Crippen molar-refractivity contribution in [2.75, 3.05) is 0 Å². The standard InChI is InChI=1S/C20H24F4O/c1-14(7-5-9-17(18(21)13-25)20(22,23)24)10-11-16-15(2)8-6-12-19(16,3)4/h5,7,9-11,13H,6,8,12H2,1-4H3/b9-5+,11-10+,14-7+,18-17+. The van der Waals surface area contributed by atoms with E-state index in [9.17, 15) is 22.4 Å². The van der Waals surface area contributed by atoms with Crippen LogP contribution in [0.25, 0.3) is 0 Å². The molecule has 0 spiro atoms. The van der Waals surface area contributed by atoms with Gasteiger partial charge in [0.2, 0.25) is 0 Å². The molecule has 0 aromatic rings. The maximum atomic E-state index is 13.0. The summed E-state index contributed by atoms with van der Waals surface area (Å²) in [6.45, 7) is 8.20. The van der Waals surface area contributed by atoms with Gasteiger partial charge in [0, 0.05) is 0 Å². The van der Waals surface area contributed by atoms with E-state index in [0.717, 1.165) is 30.9 Å². The molecule has 0 bridgehead atoms. The third-order valence-corrected chi connectivity index (χ3v) is 4.34. The van der Waals surface area contributed by atoms with Crippen LogP contribution in [0.5, 0.6) is 0 Å². The van der Waals surface area contributed by atoms with Crippen molar-refractivity contribution in [1.29, 1.82) is 0 Å². The molecule has 0 saturated heterocycles. The van der Waals surface area contributed by atoms with Gasteiger partial charge in [-0.1, -0.05) is 49.3 Å². The summed E-state index contributed by atoms with van der Waals surface area (Å²) in [6.07, 6.45) is 4.90. The van der Waals surface area contributed by atoms with E-state index in [4.69, 9.17) is 0 Å². The minimum Gasteiger partial charge on any atom is -0.295 e. The van der Waals surface area contributed by atoms with Gasteiger partial charge in [0.1, 0.15) is 0 Å². The molecule has 0 aromatic carbocycles. The fourth-order valence-electron chi connectivity index (χ4n) is 2.95. The molecule has 25 heavy (non-hydrogen) atoms. The van der Waals surface area contributed by atoms with E-state index in [1.165, 1.54) is 17.2 Å². The Bertz CT molecular complexity index is 656. The summed E-state index contributed by atoms with van der Waals surface area (Å²) >= 11 is 0. The summed E-state index contributed by atoms with van der Waals surface area (Å²) in [5.74, 6) is -1.82. The predicted octanol–water partition coefficient (Wildman–Crippen LogP) is 6.56. The highest BCUT2D eigenvalue weighted by atomic mass is 19.4. The van der Waals surface area contributed by atoms with Crippen LogP contribution in [0.15, 0.2) is 58.5 Å². The zero-order chi connectivity index (χ0) is 19.3. The number of allylic oxidation sites excluding steroid dienone is 10. The number of hydrogen-bond acceptors (Lipinski definition) is 1. The van der Waals surface area contributed by atoms with Crippen molar-refractivity contribution in [3.05, 3.63) is 58.5 Å². The van der Waals surface area contributed by atoms with Gasteiger partial charge in [0.25, 0.3) is 0 Å². The lowest BCUT2D eigenvalue weighted by molar-refractivity contribution is -0.108. The second-order valence-corrected chi connectivity index (χ2v) is 6.91. The Labute approximate surface area is 146 Å². The molecule has 0 aromatic heterocycles. The van der Waals surface area contributed by atoms with Crippen molar-refractivity contribution in [1.82, 2.24) is 0 Å². The molecule has 0 amide bonds. The van der Waals surface area contributed by atoms with Gasteiger partial charge in [-0.2, -0.15) is 13.2 Å². The maximum absolute atomic E-state index is 13.0. The van der Waals surface area contributed by atoms with Crippen molar-refractivity contribution in [2.24, 2.45) is 5.41 Å². The molecule has 0 fully saturated rings. The molecule has 0 aliphatic heterocycles. The second kappa shape index (κ2) is 8.45. The summed E-state index contributed by atoms with van der Waals surface area (Å²) < 4.78 is 51.0. The Morgan fingerprint density at radius 3 is 2.36 bits per heavy atom. The van der Waals surface area contributed by atoms with Gasteiger partial charge in [-0.25, -0.2) is 4.39 Å². The van der Waals surface area contributed by atoms with Crippen LogP contribution < -0.4 is 0 Å². The zero-order valence-corrected chi connectivity index (χ0v) is 15.0. The molecular formula is C20H24F4O. The van der Waals surface area contributed by atoms with Crippen LogP contribution in [0.3, 0.4) is 0 Å². The average Bonchev–Trinajstić information content (AvgIpc) is 2.48. The summed E-state index contributed by atoms with van der Waals surface area (Å²) in [5.41, 5.74) is 1.80. The molecule has 0 N–H and O–H groups in total. The lowest BCUT2D eigenvalue weighted by Gasteiger charge is -2.32. The van der Waals surface area contributed by atoms with Crippen molar-refractivity contribution in [3.8, 4) is 0 Å². The summed E-state index contributed by atoms with van der Waals surface area (Å²) in [7, 11) is 0. The molecule has 1 aliphatic rings. The first-order valence-corrected chi connectivity index (χ1v) is 8.14. The second-order valence-electron chi connectivity index (χ2n) is 6.91. The number of aldehydes is 1. The topological polar surface area (TPSA) is 17.1 Å². The number of carbonyl (C=O) groups excluding carboxylic acids is 1. The summed E-state index contributed by atoms with van der Waals surface area (Å²) in [5, 5.41) is 0. The van der Waals surface area contributed by atoms with E-state index >= 15 is 0 Å². The molecule has 5 heteroatoms. The highest BCUT2D eigenvalue weighted by Crippen LogP contribution is 2.40. The fraction of sp³-hybridized carbons (Fsp3) is 0.450. The van der Waals surface area contributed by atoms with Gasteiger partial charge in [-0.3, -0.25) is 4.79 Å². The van der Waals surface area contributed by atoms with Crippen LogP contribution in [0, 0.1) is 5.41 Å². The highest BCUT2D eigenvalue weighted by molar-refractivity contribution is 5.72. The van der Waals surface area contributed by atoms with E-state index in [1.807, 2.05) is 12.2 Å². The van der Waals surface area contributed by atoms with E-state index in [-0.39, 0.29) is 5.41 Å². The molecule has 1 nitrogen and oxygen atoms in total. The Morgan fingerprint density at radius 1 is 1.20 bits per heavy atom. The smallest absolute Gasteiger partial charge is 0.295 e. The normalized spacial score (nSPS) is 20.4. The van der Waals surface area contributed by atoms with E-state index in [1.54, 1.807) is 6.92 Å². The first-order chi connectivity index (χ1) is 11.5. The lowest BCUT2D eigenvalue weighted by Crippen LogP contribution is -2.19. The minimum absolute atomic E-state index is 0.0776. The number of halogens is 4. The Morgan fingerprint density at radius 2 is 1.84 bits per heavy atom. The van der Waals surface area contributed by atoms with Crippen molar-refractivity contribution < 1.29 is 22.4 Å². The van der Waals surface area contributed by atoms with Crippen LogP contribution >= 0.6 is 0 Å². The Kier molecular flexibility index (Phi) is 7.15. The van der Waals surface area contributed by atoms with Gasteiger partial charge in [-0.05, 0) is 50.2 Å². The Balaban J connectivity index is 2.97. The van der Waals surface area contributed by atoms with E-state index in [0.29, 0.717) is 6.08 Å². The molecule has 0 atom stereocenters. The van der Waals surface area contributed by atoms with Gasteiger partial charge >= 0.3 is 6.18 Å². The van der Waals surface area contributed by atoms with Crippen molar-refractivity contribution in [3.63, 3.8) is 0 Å². The third-order valence-electron chi connectivity index (χ3n) is 4.34. The summed E-state index contributed by atoms with van der Waals surface area (Å²) in [4.78, 5) is 10.3. The number of rotatable bonds is 5. The number of carbonyl (C=O) groups is 1. The minimum atomic E-state index is -4.91. The molecule has 0 heterocycles. The molecule has 138 valence electrons. The Hall–Kier alpha value is -1.91. The van der Waals surface area contributed by atoms with Crippen LogP contribution in [0.1, 0.15) is 47.0 Å². The SMILES string of the molecule is CC1=C(/C=C/C(C)=C/C=C/C(=C(\F)C=O)C(F)(F)F)C(C)(C)CCC1. The molecular weight excluding hydrogens is 332 g/mol. The van der Waals surface area contributed by atoms with E-state index < -0.39 is 23.9 Å².